The number of rotatable bonds is 8. The summed E-state index contributed by atoms with van der Waals surface area (Å²) in [6.45, 7) is 14.1. The first kappa shape index (κ1) is 23.9. The van der Waals surface area contributed by atoms with Gasteiger partial charge in [-0.15, -0.1) is 0 Å². The Hall–Kier alpha value is -2.34. The smallest absolute Gasteiger partial charge is 0.222 e. The lowest BCUT2D eigenvalue weighted by Crippen LogP contribution is -2.15. The maximum Gasteiger partial charge on any atom is 0.222 e. The zero-order valence-corrected chi connectivity index (χ0v) is 18.9. The van der Waals surface area contributed by atoms with Gasteiger partial charge in [0.2, 0.25) is 12.6 Å². The van der Waals surface area contributed by atoms with Crippen molar-refractivity contribution in [1.82, 2.24) is 0 Å². The molecule has 0 aromatic heterocycles. The molecule has 0 aliphatic carbocycles. The summed E-state index contributed by atoms with van der Waals surface area (Å²) in [7, 11) is 0. The molecule has 2 aromatic rings. The lowest BCUT2D eigenvalue weighted by atomic mass is 9.94. The molecule has 0 aliphatic heterocycles. The van der Waals surface area contributed by atoms with Gasteiger partial charge in [0.05, 0.1) is 0 Å². The molecular formula is C26H32O4. The number of hydrogen-bond donors (Lipinski definition) is 0. The van der Waals surface area contributed by atoms with Crippen LogP contribution >= 0.6 is 0 Å². The Labute approximate surface area is 180 Å². The van der Waals surface area contributed by atoms with Crippen molar-refractivity contribution in [1.29, 1.82) is 0 Å². The van der Waals surface area contributed by atoms with Gasteiger partial charge < -0.3 is 18.9 Å². The topological polar surface area (TPSA) is 36.9 Å². The number of aryl methyl sites for hydroxylation is 2. The van der Waals surface area contributed by atoms with E-state index in [0.29, 0.717) is 26.4 Å². The van der Waals surface area contributed by atoms with Gasteiger partial charge in [-0.2, -0.15) is 0 Å². The Morgan fingerprint density at radius 2 is 0.933 bits per heavy atom. The van der Waals surface area contributed by atoms with Crippen molar-refractivity contribution in [2.75, 3.05) is 26.4 Å². The minimum atomic E-state index is -0.530. The second-order valence-corrected chi connectivity index (χ2v) is 6.63. The summed E-state index contributed by atoms with van der Waals surface area (Å²) in [5, 5.41) is 2.13. The molecule has 0 N–H and O–H groups in total. The molecule has 0 atom stereocenters. The van der Waals surface area contributed by atoms with Gasteiger partial charge in [0.15, 0.2) is 0 Å². The molecule has 160 valence electrons. The molecule has 30 heavy (non-hydrogen) atoms. The van der Waals surface area contributed by atoms with Gasteiger partial charge in [0.25, 0.3) is 0 Å². The van der Waals surface area contributed by atoms with Gasteiger partial charge in [-0.05, 0) is 75.3 Å². The third kappa shape index (κ3) is 6.33. The molecule has 2 aromatic carbocycles. The van der Waals surface area contributed by atoms with E-state index in [0.717, 1.165) is 33.0 Å². The second kappa shape index (κ2) is 12.4. The molecule has 0 fully saturated rings. The Bertz CT molecular complexity index is 865. The first-order chi connectivity index (χ1) is 14.5. The van der Waals surface area contributed by atoms with Crippen molar-refractivity contribution >= 4 is 10.8 Å². The first-order valence-corrected chi connectivity index (χ1v) is 10.6. The first-order valence-electron chi connectivity index (χ1n) is 10.6. The van der Waals surface area contributed by atoms with Crippen molar-refractivity contribution in [2.24, 2.45) is 0 Å². The van der Waals surface area contributed by atoms with Crippen molar-refractivity contribution in [3.05, 3.63) is 46.5 Å². The Morgan fingerprint density at radius 3 is 1.23 bits per heavy atom. The zero-order valence-electron chi connectivity index (χ0n) is 18.9. The van der Waals surface area contributed by atoms with Crippen molar-refractivity contribution in [2.45, 2.75) is 54.1 Å². The average molecular weight is 409 g/mol. The van der Waals surface area contributed by atoms with Crippen LogP contribution < -0.4 is 0 Å². The standard InChI is InChI=1S/C26H32O4/c1-7-27-25(28-8-2)17-15-21-19(5)11-14-24-22(20(6)12-13-23(21)24)16-18-26(29-9-3)30-10-4/h11-14,25-26H,7-10H2,1-6H3. The molecule has 2 rings (SSSR count). The van der Waals surface area contributed by atoms with Gasteiger partial charge in [-0.25, -0.2) is 0 Å². The van der Waals surface area contributed by atoms with Gasteiger partial charge in [-0.1, -0.05) is 36.1 Å². The van der Waals surface area contributed by atoms with Crippen LogP contribution in [0.4, 0.5) is 0 Å². The van der Waals surface area contributed by atoms with Crippen LogP contribution in [0.1, 0.15) is 49.9 Å². The van der Waals surface area contributed by atoms with Crippen LogP contribution in [0, 0.1) is 37.5 Å². The fourth-order valence-corrected chi connectivity index (χ4v) is 3.09. The fraction of sp³-hybridized carbons (Fsp3) is 0.462. The summed E-state index contributed by atoms with van der Waals surface area (Å²) in [5.41, 5.74) is 4.13. The van der Waals surface area contributed by atoms with Crippen molar-refractivity contribution < 1.29 is 18.9 Å². The van der Waals surface area contributed by atoms with Crippen LogP contribution in [0.15, 0.2) is 24.3 Å². The summed E-state index contributed by atoms with van der Waals surface area (Å²) < 4.78 is 22.3. The van der Waals surface area contributed by atoms with Gasteiger partial charge in [-0.3, -0.25) is 0 Å². The lowest BCUT2D eigenvalue weighted by molar-refractivity contribution is -0.0972. The Morgan fingerprint density at radius 1 is 0.600 bits per heavy atom. The minimum absolute atomic E-state index is 0.530. The second-order valence-electron chi connectivity index (χ2n) is 6.63. The highest BCUT2D eigenvalue weighted by Gasteiger charge is 2.10. The van der Waals surface area contributed by atoms with E-state index < -0.39 is 12.6 Å². The van der Waals surface area contributed by atoms with Crippen molar-refractivity contribution in [3.8, 4) is 23.7 Å². The van der Waals surface area contributed by atoms with E-state index in [4.69, 9.17) is 18.9 Å². The number of fused-ring (bicyclic) bond motifs is 1. The summed E-state index contributed by atoms with van der Waals surface area (Å²) >= 11 is 0. The van der Waals surface area contributed by atoms with Gasteiger partial charge in [0, 0.05) is 37.6 Å². The van der Waals surface area contributed by atoms with E-state index in [2.05, 4.69) is 61.8 Å². The third-order valence-electron chi connectivity index (χ3n) is 4.52. The lowest BCUT2D eigenvalue weighted by Gasteiger charge is -2.12. The van der Waals surface area contributed by atoms with E-state index in [1.807, 2.05) is 27.7 Å². The predicted molar refractivity (Wildman–Crippen MR) is 121 cm³/mol. The van der Waals surface area contributed by atoms with Crippen LogP contribution in [-0.2, 0) is 18.9 Å². The largest absolute Gasteiger partial charge is 0.342 e. The van der Waals surface area contributed by atoms with E-state index in [1.54, 1.807) is 0 Å². The van der Waals surface area contributed by atoms with Crippen molar-refractivity contribution in [3.63, 3.8) is 0 Å². The molecule has 4 heteroatoms. The molecule has 0 aliphatic rings. The van der Waals surface area contributed by atoms with E-state index >= 15 is 0 Å². The Balaban J connectivity index is 2.54. The maximum atomic E-state index is 5.56. The number of ether oxygens (including phenoxy) is 4. The van der Waals surface area contributed by atoms with Gasteiger partial charge >= 0.3 is 0 Å². The molecule has 0 unspecified atom stereocenters. The van der Waals surface area contributed by atoms with Gasteiger partial charge in [0.1, 0.15) is 0 Å². The highest BCUT2D eigenvalue weighted by atomic mass is 16.7. The van der Waals surface area contributed by atoms with E-state index in [9.17, 15) is 0 Å². The highest BCUT2D eigenvalue weighted by molar-refractivity contribution is 5.94. The minimum Gasteiger partial charge on any atom is -0.342 e. The maximum absolute atomic E-state index is 5.56. The molecule has 0 bridgehead atoms. The van der Waals surface area contributed by atoms with E-state index in [1.165, 1.54) is 0 Å². The fourth-order valence-electron chi connectivity index (χ4n) is 3.09. The zero-order chi connectivity index (χ0) is 21.9. The molecule has 0 heterocycles. The summed E-state index contributed by atoms with van der Waals surface area (Å²) in [6, 6.07) is 8.36. The van der Waals surface area contributed by atoms with Crippen LogP contribution in [0.5, 0.6) is 0 Å². The molecule has 0 saturated heterocycles. The molecule has 0 spiro atoms. The van der Waals surface area contributed by atoms with Crippen LogP contribution in [0.25, 0.3) is 10.8 Å². The highest BCUT2D eigenvalue weighted by Crippen LogP contribution is 2.27. The SMILES string of the molecule is CCOC(C#Cc1c(C)ccc2c(C#CC(OCC)OCC)c(C)ccc12)OCC. The molecule has 0 saturated carbocycles. The normalized spacial score (nSPS) is 10.8. The summed E-state index contributed by atoms with van der Waals surface area (Å²) in [4.78, 5) is 0. The number of hydrogen-bond acceptors (Lipinski definition) is 4. The molecule has 0 amide bonds. The Kier molecular flexibility index (Phi) is 9.87. The predicted octanol–water partition coefficient (Wildman–Crippen LogP) is 4.96. The summed E-state index contributed by atoms with van der Waals surface area (Å²) in [6.07, 6.45) is -1.06. The molecule has 0 radical (unpaired) electrons. The third-order valence-corrected chi connectivity index (χ3v) is 4.52. The molecule has 4 nitrogen and oxygen atoms in total. The van der Waals surface area contributed by atoms with Crippen LogP contribution in [0.3, 0.4) is 0 Å². The quantitative estimate of drug-likeness (QED) is 0.457. The monoisotopic (exact) mass is 408 g/mol. The van der Waals surface area contributed by atoms with Crippen LogP contribution in [-0.4, -0.2) is 39.0 Å². The van der Waals surface area contributed by atoms with E-state index in [-0.39, 0.29) is 0 Å². The number of benzene rings is 2. The average Bonchev–Trinajstić information content (AvgIpc) is 2.72. The van der Waals surface area contributed by atoms with Crippen LogP contribution in [0.2, 0.25) is 0 Å². The summed E-state index contributed by atoms with van der Waals surface area (Å²) in [5.74, 6) is 12.8. The molecular weight excluding hydrogens is 376 g/mol.